The van der Waals surface area contributed by atoms with Crippen molar-refractivity contribution in [3.05, 3.63) is 69.8 Å². The molecule has 0 unspecified atom stereocenters. The molecular formula is C14H10N4O. The molecule has 92 valence electrons. The van der Waals surface area contributed by atoms with Gasteiger partial charge in [0.15, 0.2) is 5.65 Å². The highest BCUT2D eigenvalue weighted by atomic mass is 16.1. The van der Waals surface area contributed by atoms with Crippen molar-refractivity contribution in [2.24, 2.45) is 0 Å². The Morgan fingerprint density at radius 1 is 1.32 bits per heavy atom. The van der Waals surface area contributed by atoms with Gasteiger partial charge < -0.3 is 0 Å². The lowest BCUT2D eigenvalue weighted by Gasteiger charge is -2.02. The predicted molar refractivity (Wildman–Crippen MR) is 69.8 cm³/mol. The smallest absolute Gasteiger partial charge is 0.272 e. The number of nitrogens with one attached hydrogen (secondary N) is 1. The van der Waals surface area contributed by atoms with E-state index in [1.54, 1.807) is 24.4 Å². The quantitative estimate of drug-likeness (QED) is 0.748. The fourth-order valence-corrected chi connectivity index (χ4v) is 2.03. The number of hydrogen-bond donors (Lipinski definition) is 1. The molecule has 0 saturated carbocycles. The van der Waals surface area contributed by atoms with Crippen LogP contribution in [0.2, 0.25) is 0 Å². The van der Waals surface area contributed by atoms with E-state index < -0.39 is 0 Å². The first-order chi connectivity index (χ1) is 9.26. The van der Waals surface area contributed by atoms with Gasteiger partial charge in [-0.2, -0.15) is 5.26 Å². The zero-order valence-electron chi connectivity index (χ0n) is 10.00. The molecule has 2 aromatic heterocycles. The van der Waals surface area contributed by atoms with Crippen LogP contribution >= 0.6 is 0 Å². The molecule has 3 aromatic rings. The molecule has 3 rings (SSSR count). The van der Waals surface area contributed by atoms with Gasteiger partial charge in [0.1, 0.15) is 0 Å². The van der Waals surface area contributed by atoms with Gasteiger partial charge in [-0.05, 0) is 17.7 Å². The third kappa shape index (κ3) is 2.11. The largest absolute Gasteiger partial charge is 0.297 e. The van der Waals surface area contributed by atoms with Gasteiger partial charge in [0.2, 0.25) is 0 Å². The summed E-state index contributed by atoms with van der Waals surface area (Å²) in [4.78, 5) is 16.2. The summed E-state index contributed by atoms with van der Waals surface area (Å²) in [5.41, 5.74) is 2.72. The van der Waals surface area contributed by atoms with Crippen LogP contribution in [0.3, 0.4) is 0 Å². The van der Waals surface area contributed by atoms with Gasteiger partial charge >= 0.3 is 0 Å². The molecule has 19 heavy (non-hydrogen) atoms. The first-order valence-corrected chi connectivity index (χ1v) is 5.81. The number of benzene rings is 1. The molecular weight excluding hydrogens is 240 g/mol. The van der Waals surface area contributed by atoms with Gasteiger partial charge in [0.25, 0.3) is 5.56 Å². The highest BCUT2D eigenvalue weighted by Gasteiger charge is 2.04. The van der Waals surface area contributed by atoms with Crippen molar-refractivity contribution in [2.75, 3.05) is 0 Å². The summed E-state index contributed by atoms with van der Waals surface area (Å²) < 4.78 is 1.38. The second-order valence-corrected chi connectivity index (χ2v) is 4.23. The lowest BCUT2D eigenvalue weighted by Crippen LogP contribution is -2.15. The zero-order chi connectivity index (χ0) is 13.2. The number of rotatable bonds is 2. The van der Waals surface area contributed by atoms with E-state index in [1.807, 2.05) is 12.1 Å². The van der Waals surface area contributed by atoms with Crippen LogP contribution in [0.5, 0.6) is 0 Å². The molecule has 0 fully saturated rings. The van der Waals surface area contributed by atoms with Crippen LogP contribution in [0.1, 0.15) is 16.8 Å². The Morgan fingerprint density at radius 3 is 3.05 bits per heavy atom. The second kappa shape index (κ2) is 4.42. The Hall–Kier alpha value is -2.87. The lowest BCUT2D eigenvalue weighted by molar-refractivity contribution is 0.881. The van der Waals surface area contributed by atoms with Gasteiger partial charge in [0, 0.05) is 24.8 Å². The third-order valence-corrected chi connectivity index (χ3v) is 2.88. The van der Waals surface area contributed by atoms with E-state index in [0.717, 1.165) is 5.56 Å². The number of nitrogens with zero attached hydrogens (tertiary/aromatic N) is 3. The predicted octanol–water partition coefficient (Wildman–Crippen LogP) is 1.49. The van der Waals surface area contributed by atoms with Gasteiger partial charge in [0.05, 0.1) is 17.3 Å². The van der Waals surface area contributed by atoms with Crippen molar-refractivity contribution < 1.29 is 0 Å². The molecule has 1 N–H and O–H groups in total. The molecule has 0 aliphatic heterocycles. The minimum atomic E-state index is -0.138. The number of aromatic amines is 1. The maximum absolute atomic E-state index is 11.8. The van der Waals surface area contributed by atoms with Crippen LogP contribution in [0.4, 0.5) is 0 Å². The van der Waals surface area contributed by atoms with Crippen LogP contribution in [-0.4, -0.2) is 14.6 Å². The van der Waals surface area contributed by atoms with E-state index in [1.165, 1.54) is 10.6 Å². The summed E-state index contributed by atoms with van der Waals surface area (Å²) >= 11 is 0. The van der Waals surface area contributed by atoms with Gasteiger partial charge in [-0.1, -0.05) is 12.1 Å². The Labute approximate surface area is 108 Å². The maximum atomic E-state index is 11.8. The van der Waals surface area contributed by atoms with E-state index in [0.29, 0.717) is 23.3 Å². The number of aromatic nitrogens is 3. The van der Waals surface area contributed by atoms with Crippen molar-refractivity contribution >= 4 is 5.65 Å². The highest BCUT2D eigenvalue weighted by molar-refractivity contribution is 5.38. The first kappa shape index (κ1) is 11.2. The van der Waals surface area contributed by atoms with Gasteiger partial charge in [-0.15, -0.1) is 0 Å². The Kier molecular flexibility index (Phi) is 2.62. The molecule has 0 amide bonds. The minimum absolute atomic E-state index is 0.138. The van der Waals surface area contributed by atoms with Crippen molar-refractivity contribution in [3.8, 4) is 6.07 Å². The normalized spacial score (nSPS) is 10.5. The molecule has 5 heteroatoms. The van der Waals surface area contributed by atoms with Crippen molar-refractivity contribution in [2.45, 2.75) is 6.42 Å². The Bertz CT molecular complexity index is 838. The number of H-pyrrole nitrogens is 1. The first-order valence-electron chi connectivity index (χ1n) is 5.81. The highest BCUT2D eigenvalue weighted by Crippen LogP contribution is 2.09. The minimum Gasteiger partial charge on any atom is -0.297 e. The average Bonchev–Trinajstić information content (AvgIpc) is 2.88. The van der Waals surface area contributed by atoms with E-state index >= 15 is 0 Å². The van der Waals surface area contributed by atoms with Gasteiger partial charge in [-0.3, -0.25) is 9.89 Å². The molecule has 0 atom stereocenters. The lowest BCUT2D eigenvalue weighted by atomic mass is 10.1. The summed E-state index contributed by atoms with van der Waals surface area (Å²) in [7, 11) is 0. The summed E-state index contributed by atoms with van der Waals surface area (Å²) in [6, 6.07) is 12.7. The molecule has 5 nitrogen and oxygen atoms in total. The second-order valence-electron chi connectivity index (χ2n) is 4.23. The Morgan fingerprint density at radius 2 is 2.21 bits per heavy atom. The maximum Gasteiger partial charge on any atom is 0.272 e. The van der Waals surface area contributed by atoms with E-state index in [4.69, 9.17) is 5.26 Å². The summed E-state index contributed by atoms with van der Waals surface area (Å²) in [6.45, 7) is 0. The van der Waals surface area contributed by atoms with E-state index in [9.17, 15) is 4.79 Å². The standard InChI is InChI=1S/C14H10N4O/c15-9-11-3-1-2-10(6-11)7-12-8-14(19)18-13(17-12)4-5-16-18/h1-6,8,16H,7H2. The van der Waals surface area contributed by atoms with Crippen LogP contribution in [0, 0.1) is 11.3 Å². The van der Waals surface area contributed by atoms with Crippen molar-refractivity contribution in [1.29, 1.82) is 5.26 Å². The molecule has 2 heterocycles. The monoisotopic (exact) mass is 250 g/mol. The van der Waals surface area contributed by atoms with Gasteiger partial charge in [-0.25, -0.2) is 9.50 Å². The number of hydrogen-bond acceptors (Lipinski definition) is 3. The van der Waals surface area contributed by atoms with Crippen LogP contribution < -0.4 is 5.56 Å². The molecule has 0 saturated heterocycles. The topological polar surface area (TPSA) is 73.9 Å². The number of nitriles is 1. The molecule has 1 aromatic carbocycles. The fourth-order valence-electron chi connectivity index (χ4n) is 2.03. The average molecular weight is 250 g/mol. The summed E-state index contributed by atoms with van der Waals surface area (Å²) in [5.74, 6) is 0. The van der Waals surface area contributed by atoms with Crippen molar-refractivity contribution in [3.63, 3.8) is 0 Å². The summed E-state index contributed by atoms with van der Waals surface area (Å²) in [6.07, 6.45) is 2.20. The molecule has 0 radical (unpaired) electrons. The van der Waals surface area contributed by atoms with Crippen molar-refractivity contribution in [1.82, 2.24) is 14.6 Å². The molecule has 0 aliphatic carbocycles. The summed E-state index contributed by atoms with van der Waals surface area (Å²) in [5, 5.41) is 11.7. The molecule has 0 bridgehead atoms. The van der Waals surface area contributed by atoms with Crippen LogP contribution in [0.25, 0.3) is 5.65 Å². The number of fused-ring (bicyclic) bond motifs is 1. The fraction of sp³-hybridized carbons (Fsp3) is 0.0714. The van der Waals surface area contributed by atoms with Crippen LogP contribution in [0.15, 0.2) is 47.4 Å². The SMILES string of the molecule is N#Cc1cccc(Cc2cc(=O)n3[nH]ccc3n2)c1. The Balaban J connectivity index is 2.01. The van der Waals surface area contributed by atoms with E-state index in [-0.39, 0.29) is 5.56 Å². The van der Waals surface area contributed by atoms with Crippen LogP contribution in [-0.2, 0) is 6.42 Å². The zero-order valence-corrected chi connectivity index (χ0v) is 10.00. The molecule has 0 aliphatic rings. The van der Waals surface area contributed by atoms with E-state index in [2.05, 4.69) is 16.2 Å². The third-order valence-electron chi connectivity index (χ3n) is 2.88. The molecule has 0 spiro atoms.